The number of aromatic nitrogens is 1. The first-order valence-electron chi connectivity index (χ1n) is 7.92. The van der Waals surface area contributed by atoms with Gasteiger partial charge in [0.2, 0.25) is 0 Å². The molecular weight excluding hydrogens is 374 g/mol. The van der Waals surface area contributed by atoms with Crippen LogP contribution in [0.25, 0.3) is 11.1 Å². The molecule has 0 radical (unpaired) electrons. The Hall–Kier alpha value is -3.27. The number of oxazole rings is 1. The first-order valence-corrected chi connectivity index (χ1v) is 9.40. The van der Waals surface area contributed by atoms with Gasteiger partial charge in [-0.3, -0.25) is 4.98 Å². The monoisotopic (exact) mass is 391 g/mol. The largest absolute Gasteiger partial charge is 0.492 e. The summed E-state index contributed by atoms with van der Waals surface area (Å²) in [6, 6.07) is 9.20. The van der Waals surface area contributed by atoms with Crippen LogP contribution in [0.4, 0.5) is 0 Å². The van der Waals surface area contributed by atoms with E-state index in [2.05, 4.69) is 14.9 Å². The lowest BCUT2D eigenvalue weighted by Crippen LogP contribution is -2.18. The van der Waals surface area contributed by atoms with Gasteiger partial charge >= 0.3 is 5.76 Å². The highest BCUT2D eigenvalue weighted by Crippen LogP contribution is 2.29. The fraction of sp³-hybridized carbons (Fsp3) is 0.176. The maximum Gasteiger partial charge on any atom is 0.417 e. The predicted molar refractivity (Wildman–Crippen MR) is 98.9 cm³/mol. The highest BCUT2D eigenvalue weighted by Gasteiger charge is 2.15. The number of sulfonamides is 1. The van der Waals surface area contributed by atoms with E-state index < -0.39 is 15.8 Å². The van der Waals surface area contributed by atoms with E-state index in [4.69, 9.17) is 13.9 Å². The number of H-pyrrole nitrogens is 1. The van der Waals surface area contributed by atoms with Gasteiger partial charge in [-0.2, -0.15) is 13.5 Å². The lowest BCUT2D eigenvalue weighted by Gasteiger charge is -2.11. The molecule has 2 aromatic carbocycles. The molecule has 3 aromatic rings. The molecule has 0 saturated heterocycles. The fourth-order valence-corrected chi connectivity index (χ4v) is 3.24. The maximum absolute atomic E-state index is 12.4. The molecule has 0 unspecified atom stereocenters. The average Bonchev–Trinajstić information content (AvgIpc) is 3.01. The van der Waals surface area contributed by atoms with Crippen LogP contribution >= 0.6 is 0 Å². The van der Waals surface area contributed by atoms with E-state index in [0.29, 0.717) is 29.2 Å². The lowest BCUT2D eigenvalue weighted by atomic mass is 10.2. The van der Waals surface area contributed by atoms with Gasteiger partial charge in [-0.05, 0) is 31.2 Å². The van der Waals surface area contributed by atoms with E-state index in [-0.39, 0.29) is 10.5 Å². The van der Waals surface area contributed by atoms with Crippen LogP contribution in [0, 0.1) is 0 Å². The second-order valence-corrected chi connectivity index (χ2v) is 7.00. The van der Waals surface area contributed by atoms with Crippen molar-refractivity contribution in [1.82, 2.24) is 9.82 Å². The Kier molecular flexibility index (Phi) is 5.17. The Labute approximate surface area is 154 Å². The smallest absolute Gasteiger partial charge is 0.417 e. The zero-order chi connectivity index (χ0) is 19.4. The number of ether oxygens (including phenoxy) is 2. The van der Waals surface area contributed by atoms with Gasteiger partial charge in [-0.1, -0.05) is 6.07 Å². The Morgan fingerprint density at radius 2 is 2.11 bits per heavy atom. The summed E-state index contributed by atoms with van der Waals surface area (Å²) < 4.78 is 40.4. The quantitative estimate of drug-likeness (QED) is 0.468. The Bertz CT molecular complexity index is 1150. The maximum atomic E-state index is 12.4. The molecule has 0 spiro atoms. The van der Waals surface area contributed by atoms with Crippen molar-refractivity contribution in [2.24, 2.45) is 5.10 Å². The third-order valence-electron chi connectivity index (χ3n) is 3.59. The number of para-hydroxylation sites is 1. The summed E-state index contributed by atoms with van der Waals surface area (Å²) in [7, 11) is -2.46. The van der Waals surface area contributed by atoms with E-state index in [0.717, 1.165) is 0 Å². The van der Waals surface area contributed by atoms with Crippen molar-refractivity contribution in [2.75, 3.05) is 13.7 Å². The van der Waals surface area contributed by atoms with Crippen LogP contribution in [0.2, 0.25) is 0 Å². The number of rotatable bonds is 7. The summed E-state index contributed by atoms with van der Waals surface area (Å²) in [6.07, 6.45) is 1.31. The van der Waals surface area contributed by atoms with Gasteiger partial charge in [0.25, 0.3) is 10.0 Å². The predicted octanol–water partition coefficient (Wildman–Crippen LogP) is 1.84. The number of nitrogens with one attached hydrogen (secondary N) is 2. The number of nitrogens with zero attached hydrogens (tertiary/aromatic N) is 1. The minimum Gasteiger partial charge on any atom is -0.492 e. The van der Waals surface area contributed by atoms with Crippen LogP contribution < -0.4 is 20.1 Å². The molecule has 9 nitrogen and oxygen atoms in total. The van der Waals surface area contributed by atoms with Crippen molar-refractivity contribution in [3.8, 4) is 11.5 Å². The third-order valence-corrected chi connectivity index (χ3v) is 4.81. The van der Waals surface area contributed by atoms with Gasteiger partial charge in [-0.15, -0.1) is 0 Å². The second kappa shape index (κ2) is 7.54. The molecule has 1 heterocycles. The Balaban J connectivity index is 1.84. The number of hydrogen-bond acceptors (Lipinski definition) is 7. The van der Waals surface area contributed by atoms with Crippen molar-refractivity contribution in [2.45, 2.75) is 11.8 Å². The van der Waals surface area contributed by atoms with E-state index >= 15 is 0 Å². The van der Waals surface area contributed by atoms with E-state index in [1.807, 2.05) is 6.92 Å². The van der Waals surface area contributed by atoms with Crippen LogP contribution in [0.3, 0.4) is 0 Å². The summed E-state index contributed by atoms with van der Waals surface area (Å²) in [5, 5.41) is 3.79. The molecule has 0 aliphatic heterocycles. The van der Waals surface area contributed by atoms with Crippen LogP contribution in [0.1, 0.15) is 12.5 Å². The van der Waals surface area contributed by atoms with Gasteiger partial charge in [0.1, 0.15) is 0 Å². The average molecular weight is 391 g/mol. The van der Waals surface area contributed by atoms with E-state index in [9.17, 15) is 13.2 Å². The summed E-state index contributed by atoms with van der Waals surface area (Å²) >= 11 is 0. The highest BCUT2D eigenvalue weighted by atomic mass is 32.2. The highest BCUT2D eigenvalue weighted by molar-refractivity contribution is 7.89. The molecule has 0 amide bonds. The zero-order valence-electron chi connectivity index (χ0n) is 14.6. The normalized spacial score (nSPS) is 11.8. The van der Waals surface area contributed by atoms with Crippen LogP contribution in [0.15, 0.2) is 55.6 Å². The standard InChI is InChI=1S/C17H17N3O6S/c1-3-25-14-6-4-5-11(16(14)24-2)10-18-20-27(22,23)12-7-8-13-15(9-12)26-17(21)19-13/h4-10,20H,3H2,1-2H3,(H,19,21)/b18-10+. The summed E-state index contributed by atoms with van der Waals surface area (Å²) in [4.78, 5) is 15.6. The van der Waals surface area contributed by atoms with Crippen molar-refractivity contribution in [3.63, 3.8) is 0 Å². The minimum atomic E-state index is -3.95. The molecule has 0 aliphatic carbocycles. The first kappa shape index (κ1) is 18.5. The second-order valence-electron chi connectivity index (χ2n) is 5.34. The van der Waals surface area contributed by atoms with Crippen LogP contribution in [-0.4, -0.2) is 33.3 Å². The number of aromatic amines is 1. The Morgan fingerprint density at radius 1 is 1.30 bits per heavy atom. The lowest BCUT2D eigenvalue weighted by molar-refractivity contribution is 0.310. The van der Waals surface area contributed by atoms with Gasteiger partial charge in [-0.25, -0.2) is 9.63 Å². The van der Waals surface area contributed by atoms with E-state index in [1.54, 1.807) is 18.2 Å². The molecule has 0 saturated carbocycles. The number of methoxy groups -OCH3 is 1. The van der Waals surface area contributed by atoms with Crippen molar-refractivity contribution in [1.29, 1.82) is 0 Å². The van der Waals surface area contributed by atoms with Gasteiger partial charge < -0.3 is 13.9 Å². The van der Waals surface area contributed by atoms with Crippen molar-refractivity contribution < 1.29 is 22.3 Å². The molecule has 0 fully saturated rings. The van der Waals surface area contributed by atoms with Crippen LogP contribution in [0.5, 0.6) is 11.5 Å². The van der Waals surface area contributed by atoms with Gasteiger partial charge in [0.15, 0.2) is 17.1 Å². The first-order chi connectivity index (χ1) is 12.9. The van der Waals surface area contributed by atoms with Crippen LogP contribution in [-0.2, 0) is 10.0 Å². The number of hydrazone groups is 1. The summed E-state index contributed by atoms with van der Waals surface area (Å²) in [5.74, 6) is 0.310. The Morgan fingerprint density at radius 3 is 2.85 bits per heavy atom. The molecular formula is C17H17N3O6S. The van der Waals surface area contributed by atoms with Crippen molar-refractivity contribution in [3.05, 3.63) is 52.5 Å². The topological polar surface area (TPSA) is 123 Å². The van der Waals surface area contributed by atoms with Gasteiger partial charge in [0, 0.05) is 11.6 Å². The number of fused-ring (bicyclic) bond motifs is 1. The molecule has 1 aromatic heterocycles. The fourth-order valence-electron chi connectivity index (χ4n) is 2.43. The molecule has 0 aliphatic rings. The van der Waals surface area contributed by atoms with E-state index in [1.165, 1.54) is 31.5 Å². The summed E-state index contributed by atoms with van der Waals surface area (Å²) in [5.41, 5.74) is 1.08. The van der Waals surface area contributed by atoms with Crippen molar-refractivity contribution >= 4 is 27.3 Å². The number of benzene rings is 2. The molecule has 10 heteroatoms. The summed E-state index contributed by atoms with van der Waals surface area (Å²) in [6.45, 7) is 2.30. The number of hydrogen-bond donors (Lipinski definition) is 2. The van der Waals surface area contributed by atoms with Gasteiger partial charge in [0.05, 0.1) is 30.3 Å². The molecule has 0 atom stereocenters. The third kappa shape index (κ3) is 3.95. The molecule has 0 bridgehead atoms. The zero-order valence-corrected chi connectivity index (χ0v) is 15.4. The molecule has 2 N–H and O–H groups in total. The molecule has 3 rings (SSSR count). The molecule has 27 heavy (non-hydrogen) atoms. The minimum absolute atomic E-state index is 0.0927. The SMILES string of the molecule is CCOc1cccc(/C=N/NS(=O)(=O)c2ccc3[nH]c(=O)oc3c2)c1OC. The molecule has 142 valence electrons.